The van der Waals surface area contributed by atoms with Crippen LogP contribution in [-0.2, 0) is 27.9 Å². The zero-order valence-electron chi connectivity index (χ0n) is 19.0. The van der Waals surface area contributed by atoms with E-state index in [0.717, 1.165) is 53.4 Å². The van der Waals surface area contributed by atoms with E-state index in [1.807, 2.05) is 24.3 Å². The maximum Gasteiger partial charge on any atom is 0.328 e. The molecule has 1 unspecified atom stereocenters. The highest BCUT2D eigenvalue weighted by atomic mass is 16.5. The lowest BCUT2D eigenvalue weighted by molar-refractivity contribution is -0.131. The molecular formula is C28H29NO4. The van der Waals surface area contributed by atoms with E-state index in [0.29, 0.717) is 6.61 Å². The summed E-state index contributed by atoms with van der Waals surface area (Å²) in [5.74, 6) is -0.687. The summed E-state index contributed by atoms with van der Waals surface area (Å²) in [5.41, 5.74) is 6.14. The molecule has 1 aliphatic heterocycles. The standard InChI is InChI=1S/C28H29NO4/c1-28(23-8-3-20(4-9-23)7-14-27(31)32)26-13-12-25(30)19-22(26)15-17-29(28)24-10-5-21(6-11-24)16-18-33-2/h3-14,19,30H,15-18H2,1-2H3,(H,31,32). The average molecular weight is 444 g/mol. The van der Waals surface area contributed by atoms with Crippen molar-refractivity contribution in [2.45, 2.75) is 25.3 Å². The molecule has 5 heteroatoms. The zero-order valence-corrected chi connectivity index (χ0v) is 19.0. The van der Waals surface area contributed by atoms with Gasteiger partial charge in [-0.25, -0.2) is 4.79 Å². The number of carboxylic acids is 1. The second-order valence-corrected chi connectivity index (χ2v) is 8.52. The highest BCUT2D eigenvalue weighted by Crippen LogP contribution is 2.44. The van der Waals surface area contributed by atoms with Crippen LogP contribution in [0.15, 0.2) is 72.8 Å². The van der Waals surface area contributed by atoms with Gasteiger partial charge in [-0.3, -0.25) is 0 Å². The quantitative estimate of drug-likeness (QED) is 0.503. The van der Waals surface area contributed by atoms with Gasteiger partial charge in [0.25, 0.3) is 0 Å². The third-order valence-electron chi connectivity index (χ3n) is 6.49. The van der Waals surface area contributed by atoms with Gasteiger partial charge in [0.2, 0.25) is 0 Å². The minimum absolute atomic E-state index is 0.279. The summed E-state index contributed by atoms with van der Waals surface area (Å²) >= 11 is 0. The molecule has 0 fully saturated rings. The Kier molecular flexibility index (Phi) is 6.52. The number of methoxy groups -OCH3 is 1. The normalized spacial score (nSPS) is 17.8. The number of carbonyl (C=O) groups is 1. The van der Waals surface area contributed by atoms with Crippen molar-refractivity contribution < 1.29 is 19.7 Å². The van der Waals surface area contributed by atoms with Crippen LogP contribution in [0, 0.1) is 0 Å². The summed E-state index contributed by atoms with van der Waals surface area (Å²) in [7, 11) is 1.71. The number of nitrogens with zero attached hydrogens (tertiary/aromatic N) is 1. The molecule has 0 saturated heterocycles. The van der Waals surface area contributed by atoms with Gasteiger partial charge in [0.05, 0.1) is 12.1 Å². The third-order valence-corrected chi connectivity index (χ3v) is 6.49. The number of aliphatic carboxylic acids is 1. The van der Waals surface area contributed by atoms with Gasteiger partial charge in [0.15, 0.2) is 0 Å². The summed E-state index contributed by atoms with van der Waals surface area (Å²) in [5, 5.41) is 19.0. The number of anilines is 1. The van der Waals surface area contributed by atoms with E-state index in [4.69, 9.17) is 9.84 Å². The molecular weight excluding hydrogens is 414 g/mol. The molecule has 0 aromatic heterocycles. The van der Waals surface area contributed by atoms with Crippen LogP contribution in [0.5, 0.6) is 5.75 Å². The number of fused-ring (bicyclic) bond motifs is 1. The van der Waals surface area contributed by atoms with E-state index >= 15 is 0 Å². The molecule has 170 valence electrons. The lowest BCUT2D eigenvalue weighted by Gasteiger charge is -2.48. The summed E-state index contributed by atoms with van der Waals surface area (Å²) < 4.78 is 5.20. The Morgan fingerprint density at radius 1 is 1.09 bits per heavy atom. The number of benzene rings is 3. The highest BCUT2D eigenvalue weighted by Gasteiger charge is 2.40. The summed E-state index contributed by atoms with van der Waals surface area (Å²) in [6.07, 6.45) is 4.45. The topological polar surface area (TPSA) is 70.0 Å². The van der Waals surface area contributed by atoms with E-state index in [-0.39, 0.29) is 5.75 Å². The molecule has 33 heavy (non-hydrogen) atoms. The van der Waals surface area contributed by atoms with Gasteiger partial charge in [-0.1, -0.05) is 42.5 Å². The number of hydrogen-bond acceptors (Lipinski definition) is 4. The molecule has 1 atom stereocenters. The van der Waals surface area contributed by atoms with Crippen molar-refractivity contribution in [3.05, 3.63) is 101 Å². The average Bonchev–Trinajstić information content (AvgIpc) is 2.82. The highest BCUT2D eigenvalue weighted by molar-refractivity contribution is 5.85. The fourth-order valence-electron chi connectivity index (χ4n) is 4.71. The lowest BCUT2D eigenvalue weighted by Crippen LogP contribution is -2.49. The molecule has 5 nitrogen and oxygen atoms in total. The van der Waals surface area contributed by atoms with Crippen LogP contribution in [-0.4, -0.2) is 36.4 Å². The Morgan fingerprint density at radius 2 is 1.82 bits per heavy atom. The van der Waals surface area contributed by atoms with Crippen LogP contribution in [0.4, 0.5) is 5.69 Å². The number of phenols is 1. The van der Waals surface area contributed by atoms with Gasteiger partial charge in [0.1, 0.15) is 5.75 Å². The van der Waals surface area contributed by atoms with Crippen molar-refractivity contribution in [1.29, 1.82) is 0 Å². The number of rotatable bonds is 7. The molecule has 1 aliphatic rings. The van der Waals surface area contributed by atoms with Crippen LogP contribution < -0.4 is 4.90 Å². The van der Waals surface area contributed by atoms with Crippen molar-refractivity contribution in [3.8, 4) is 5.75 Å². The second-order valence-electron chi connectivity index (χ2n) is 8.52. The minimum atomic E-state index is -0.966. The molecule has 1 heterocycles. The van der Waals surface area contributed by atoms with Crippen LogP contribution in [0.1, 0.15) is 34.7 Å². The Labute approximate surface area is 194 Å². The van der Waals surface area contributed by atoms with E-state index in [1.165, 1.54) is 5.56 Å². The van der Waals surface area contributed by atoms with Crippen molar-refractivity contribution in [3.63, 3.8) is 0 Å². The number of phenolic OH excluding ortho intramolecular Hbond substituents is 1. The fourth-order valence-corrected chi connectivity index (χ4v) is 4.71. The van der Waals surface area contributed by atoms with Gasteiger partial charge in [-0.2, -0.15) is 0 Å². The fraction of sp³-hybridized carbons (Fsp3) is 0.250. The van der Waals surface area contributed by atoms with Crippen molar-refractivity contribution in [2.24, 2.45) is 0 Å². The van der Waals surface area contributed by atoms with Crippen molar-refractivity contribution >= 4 is 17.7 Å². The Balaban J connectivity index is 1.76. The van der Waals surface area contributed by atoms with Gasteiger partial charge in [-0.05, 0) is 77.9 Å². The number of aromatic hydroxyl groups is 1. The minimum Gasteiger partial charge on any atom is -0.508 e. The Morgan fingerprint density at radius 3 is 2.48 bits per heavy atom. The van der Waals surface area contributed by atoms with Crippen LogP contribution in [0.3, 0.4) is 0 Å². The zero-order chi connectivity index (χ0) is 23.4. The third kappa shape index (κ3) is 4.64. The first-order valence-corrected chi connectivity index (χ1v) is 11.1. The monoisotopic (exact) mass is 443 g/mol. The number of hydrogen-bond donors (Lipinski definition) is 2. The van der Waals surface area contributed by atoms with Crippen molar-refractivity contribution in [2.75, 3.05) is 25.2 Å². The Bertz CT molecular complexity index is 1150. The largest absolute Gasteiger partial charge is 0.508 e. The Hall–Kier alpha value is -3.57. The van der Waals surface area contributed by atoms with E-state index in [1.54, 1.807) is 19.3 Å². The van der Waals surface area contributed by atoms with Gasteiger partial charge >= 0.3 is 5.97 Å². The SMILES string of the molecule is COCCc1ccc(N2CCc3cc(O)ccc3C2(C)c2ccc(C=CC(=O)O)cc2)cc1. The van der Waals surface area contributed by atoms with Gasteiger partial charge < -0.3 is 19.8 Å². The number of carboxylic acid groups (broad SMARTS) is 1. The molecule has 0 saturated carbocycles. The molecule has 0 spiro atoms. The van der Waals surface area contributed by atoms with E-state index in [9.17, 15) is 9.90 Å². The molecule has 3 aromatic rings. The summed E-state index contributed by atoms with van der Waals surface area (Å²) in [4.78, 5) is 13.3. The predicted molar refractivity (Wildman–Crippen MR) is 131 cm³/mol. The molecule has 0 radical (unpaired) electrons. The van der Waals surface area contributed by atoms with Gasteiger partial charge in [-0.15, -0.1) is 0 Å². The van der Waals surface area contributed by atoms with Crippen LogP contribution in [0.2, 0.25) is 0 Å². The lowest BCUT2D eigenvalue weighted by atomic mass is 9.76. The predicted octanol–water partition coefficient (Wildman–Crippen LogP) is 5.01. The first kappa shape index (κ1) is 22.6. The molecule has 0 amide bonds. The van der Waals surface area contributed by atoms with E-state index in [2.05, 4.69) is 48.2 Å². The molecule has 2 N–H and O–H groups in total. The molecule has 0 aliphatic carbocycles. The molecule has 4 rings (SSSR count). The van der Waals surface area contributed by atoms with Crippen LogP contribution in [0.25, 0.3) is 6.08 Å². The van der Waals surface area contributed by atoms with Crippen molar-refractivity contribution in [1.82, 2.24) is 0 Å². The van der Waals surface area contributed by atoms with E-state index < -0.39 is 11.5 Å². The summed E-state index contributed by atoms with van der Waals surface area (Å²) in [6, 6.07) is 22.3. The first-order chi connectivity index (χ1) is 15.9. The van der Waals surface area contributed by atoms with Gasteiger partial charge in [0, 0.05) is 25.4 Å². The summed E-state index contributed by atoms with van der Waals surface area (Å²) in [6.45, 7) is 3.72. The maximum atomic E-state index is 10.9. The molecule has 0 bridgehead atoms. The second kappa shape index (κ2) is 9.51. The smallest absolute Gasteiger partial charge is 0.328 e. The van der Waals surface area contributed by atoms with Crippen LogP contribution >= 0.6 is 0 Å². The maximum absolute atomic E-state index is 10.9. The number of ether oxygens (including phenoxy) is 1. The molecule has 3 aromatic carbocycles. The first-order valence-electron chi connectivity index (χ1n) is 11.1.